The highest BCUT2D eigenvalue weighted by atomic mass is 16.2. The molecule has 3 fully saturated rings. The van der Waals surface area contributed by atoms with Gasteiger partial charge in [-0.1, -0.05) is 12.8 Å². The fourth-order valence-electron chi connectivity index (χ4n) is 4.44. The van der Waals surface area contributed by atoms with Gasteiger partial charge in [0.05, 0.1) is 6.54 Å². The fraction of sp³-hybridized carbons (Fsp3) is 0.941. The molecule has 1 amide bonds. The van der Waals surface area contributed by atoms with Crippen molar-refractivity contribution in [2.24, 2.45) is 5.92 Å². The molecule has 0 aromatic carbocycles. The van der Waals surface area contributed by atoms with E-state index in [-0.39, 0.29) is 0 Å². The molecular weight excluding hydrogens is 262 g/mol. The molecule has 0 radical (unpaired) electrons. The van der Waals surface area contributed by atoms with Gasteiger partial charge in [0.15, 0.2) is 0 Å². The van der Waals surface area contributed by atoms with Gasteiger partial charge >= 0.3 is 0 Å². The molecule has 1 saturated carbocycles. The summed E-state index contributed by atoms with van der Waals surface area (Å²) in [4.78, 5) is 14.3. The van der Waals surface area contributed by atoms with Crippen LogP contribution >= 0.6 is 0 Å². The van der Waals surface area contributed by atoms with Gasteiger partial charge in [-0.3, -0.25) is 4.79 Å². The maximum Gasteiger partial charge on any atom is 0.236 e. The zero-order chi connectivity index (χ0) is 14.5. The smallest absolute Gasteiger partial charge is 0.236 e. The number of carbonyl (C=O) groups excluding carboxylic acids is 1. The average molecular weight is 293 g/mol. The van der Waals surface area contributed by atoms with Gasteiger partial charge in [-0.2, -0.15) is 0 Å². The lowest BCUT2D eigenvalue weighted by Crippen LogP contribution is -2.49. The van der Waals surface area contributed by atoms with E-state index in [4.69, 9.17) is 0 Å². The molecule has 4 nitrogen and oxygen atoms in total. The number of amides is 1. The topological polar surface area (TPSA) is 44.4 Å². The molecular formula is C17H31N3O. The summed E-state index contributed by atoms with van der Waals surface area (Å²) in [6.45, 7) is 3.67. The lowest BCUT2D eigenvalue weighted by atomic mass is 9.88. The van der Waals surface area contributed by atoms with E-state index < -0.39 is 0 Å². The van der Waals surface area contributed by atoms with Crippen LogP contribution in [0.3, 0.4) is 0 Å². The number of piperidine rings is 2. The quantitative estimate of drug-likeness (QED) is 0.832. The van der Waals surface area contributed by atoms with Crippen molar-refractivity contribution in [1.82, 2.24) is 15.5 Å². The Bertz CT molecular complexity index is 335. The van der Waals surface area contributed by atoms with Crippen molar-refractivity contribution >= 4 is 5.91 Å². The monoisotopic (exact) mass is 293 g/mol. The minimum absolute atomic E-state index is 0.317. The molecule has 3 aliphatic rings. The van der Waals surface area contributed by atoms with Crippen LogP contribution in [0.5, 0.6) is 0 Å². The Labute approximate surface area is 129 Å². The van der Waals surface area contributed by atoms with Crippen LogP contribution in [0.4, 0.5) is 0 Å². The summed E-state index contributed by atoms with van der Waals surface area (Å²) in [5.41, 5.74) is 0. The summed E-state index contributed by atoms with van der Waals surface area (Å²) in [6.07, 6.45) is 11.6. The van der Waals surface area contributed by atoms with Crippen molar-refractivity contribution in [2.45, 2.75) is 69.9 Å². The first-order chi connectivity index (χ1) is 10.3. The Morgan fingerprint density at radius 1 is 1.00 bits per heavy atom. The fourth-order valence-corrected chi connectivity index (χ4v) is 4.44. The standard InChI is InChI=1S/C17H31N3O/c21-17(20-11-4-1-5-12-20)13-19-16-9-6-7-14(16)15-8-2-3-10-18-15/h14-16,18-19H,1-13H2. The summed E-state index contributed by atoms with van der Waals surface area (Å²) in [7, 11) is 0. The molecule has 3 atom stereocenters. The predicted octanol–water partition coefficient (Wildman–Crippen LogP) is 1.90. The van der Waals surface area contributed by atoms with E-state index in [9.17, 15) is 4.79 Å². The van der Waals surface area contributed by atoms with E-state index in [0.717, 1.165) is 19.0 Å². The Hall–Kier alpha value is -0.610. The molecule has 2 saturated heterocycles. The van der Waals surface area contributed by atoms with Crippen molar-refractivity contribution in [1.29, 1.82) is 0 Å². The Balaban J connectivity index is 1.45. The summed E-state index contributed by atoms with van der Waals surface area (Å²) in [5, 5.41) is 7.30. The number of likely N-dealkylation sites (tertiary alicyclic amines) is 1. The van der Waals surface area contributed by atoms with Gasteiger partial charge in [-0.05, 0) is 57.4 Å². The molecule has 0 aromatic heterocycles. The number of hydrogen-bond acceptors (Lipinski definition) is 3. The van der Waals surface area contributed by atoms with Gasteiger partial charge in [-0.15, -0.1) is 0 Å². The maximum absolute atomic E-state index is 12.3. The Morgan fingerprint density at radius 3 is 2.62 bits per heavy atom. The third-order valence-electron chi connectivity index (χ3n) is 5.66. The molecule has 2 N–H and O–H groups in total. The van der Waals surface area contributed by atoms with E-state index in [1.807, 2.05) is 0 Å². The highest BCUT2D eigenvalue weighted by Crippen LogP contribution is 2.31. The second kappa shape index (κ2) is 7.59. The van der Waals surface area contributed by atoms with Crippen LogP contribution in [0.25, 0.3) is 0 Å². The van der Waals surface area contributed by atoms with Gasteiger partial charge in [0.1, 0.15) is 0 Å². The minimum Gasteiger partial charge on any atom is -0.342 e. The number of carbonyl (C=O) groups is 1. The first kappa shape index (κ1) is 15.3. The molecule has 2 heterocycles. The molecule has 4 heteroatoms. The Kier molecular flexibility index (Phi) is 5.53. The summed E-state index contributed by atoms with van der Waals surface area (Å²) in [5.74, 6) is 1.05. The van der Waals surface area contributed by atoms with Crippen molar-refractivity contribution in [3.05, 3.63) is 0 Å². The zero-order valence-corrected chi connectivity index (χ0v) is 13.3. The van der Waals surface area contributed by atoms with Crippen LogP contribution in [-0.2, 0) is 4.79 Å². The lowest BCUT2D eigenvalue weighted by molar-refractivity contribution is -0.131. The van der Waals surface area contributed by atoms with E-state index >= 15 is 0 Å². The molecule has 0 spiro atoms. The van der Waals surface area contributed by atoms with Gasteiger partial charge in [-0.25, -0.2) is 0 Å². The summed E-state index contributed by atoms with van der Waals surface area (Å²) >= 11 is 0. The number of nitrogens with zero attached hydrogens (tertiary/aromatic N) is 1. The Morgan fingerprint density at radius 2 is 1.86 bits per heavy atom. The first-order valence-electron chi connectivity index (χ1n) is 9.09. The molecule has 2 aliphatic heterocycles. The summed E-state index contributed by atoms with van der Waals surface area (Å²) in [6, 6.07) is 1.23. The highest BCUT2D eigenvalue weighted by molar-refractivity contribution is 5.78. The number of rotatable bonds is 4. The molecule has 21 heavy (non-hydrogen) atoms. The molecule has 3 rings (SSSR count). The number of hydrogen-bond donors (Lipinski definition) is 2. The lowest BCUT2D eigenvalue weighted by Gasteiger charge is -2.33. The van der Waals surface area contributed by atoms with Crippen LogP contribution in [0, 0.1) is 5.92 Å². The molecule has 0 bridgehead atoms. The van der Waals surface area contributed by atoms with Gasteiger partial charge in [0.2, 0.25) is 5.91 Å². The van der Waals surface area contributed by atoms with E-state index in [0.29, 0.717) is 24.5 Å². The molecule has 3 unspecified atom stereocenters. The molecule has 120 valence electrons. The zero-order valence-electron chi connectivity index (χ0n) is 13.3. The SMILES string of the molecule is O=C(CNC1CCCC1C1CCCCN1)N1CCCCC1. The predicted molar refractivity (Wildman–Crippen MR) is 85.2 cm³/mol. The third-order valence-corrected chi connectivity index (χ3v) is 5.66. The summed E-state index contributed by atoms with van der Waals surface area (Å²) < 4.78 is 0. The molecule has 1 aliphatic carbocycles. The second-order valence-electron chi connectivity index (χ2n) is 7.08. The normalized spacial score (nSPS) is 34.1. The van der Waals surface area contributed by atoms with Crippen molar-refractivity contribution in [2.75, 3.05) is 26.2 Å². The first-order valence-corrected chi connectivity index (χ1v) is 9.09. The van der Waals surface area contributed by atoms with Crippen LogP contribution in [-0.4, -0.2) is 49.1 Å². The van der Waals surface area contributed by atoms with Gasteiger partial charge in [0.25, 0.3) is 0 Å². The maximum atomic E-state index is 12.3. The van der Waals surface area contributed by atoms with Crippen LogP contribution in [0.1, 0.15) is 57.8 Å². The van der Waals surface area contributed by atoms with Crippen LogP contribution in [0.15, 0.2) is 0 Å². The van der Waals surface area contributed by atoms with E-state index in [1.165, 1.54) is 64.3 Å². The van der Waals surface area contributed by atoms with E-state index in [2.05, 4.69) is 15.5 Å². The van der Waals surface area contributed by atoms with Crippen molar-refractivity contribution in [3.8, 4) is 0 Å². The van der Waals surface area contributed by atoms with Gasteiger partial charge < -0.3 is 15.5 Å². The van der Waals surface area contributed by atoms with Crippen molar-refractivity contribution in [3.63, 3.8) is 0 Å². The van der Waals surface area contributed by atoms with E-state index in [1.54, 1.807) is 0 Å². The highest BCUT2D eigenvalue weighted by Gasteiger charge is 2.34. The molecule has 0 aromatic rings. The minimum atomic E-state index is 0.317. The second-order valence-corrected chi connectivity index (χ2v) is 7.08. The largest absolute Gasteiger partial charge is 0.342 e. The van der Waals surface area contributed by atoms with Crippen LogP contribution < -0.4 is 10.6 Å². The average Bonchev–Trinajstić information content (AvgIpc) is 3.03. The third kappa shape index (κ3) is 3.98. The van der Waals surface area contributed by atoms with Crippen LogP contribution in [0.2, 0.25) is 0 Å². The number of nitrogens with one attached hydrogen (secondary N) is 2. The van der Waals surface area contributed by atoms with Gasteiger partial charge in [0, 0.05) is 25.2 Å². The van der Waals surface area contributed by atoms with Crippen molar-refractivity contribution < 1.29 is 4.79 Å².